The van der Waals surface area contributed by atoms with Crippen LogP contribution in [0.4, 0.5) is 5.69 Å². The molecule has 0 unspecified atom stereocenters. The molecule has 3 aromatic carbocycles. The van der Waals surface area contributed by atoms with Crippen LogP contribution >= 0.6 is 0 Å². The Balaban J connectivity index is 1.72. The first-order chi connectivity index (χ1) is 14.5. The van der Waals surface area contributed by atoms with Crippen LogP contribution in [0.5, 0.6) is 11.5 Å². The monoisotopic (exact) mass is 423 g/mol. The van der Waals surface area contributed by atoms with E-state index in [1.54, 1.807) is 18.2 Å². The lowest BCUT2D eigenvalue weighted by atomic mass is 10.2. The summed E-state index contributed by atoms with van der Waals surface area (Å²) in [7, 11) is -2.71. The number of phenolic OH excluding ortho intramolecular Hbond substituents is 1. The van der Waals surface area contributed by atoms with Gasteiger partial charge in [0.2, 0.25) is 11.8 Å². The number of benzene rings is 3. The summed E-state index contributed by atoms with van der Waals surface area (Å²) in [5.41, 5.74) is 1.20. The molecule has 0 amide bonds. The summed E-state index contributed by atoms with van der Waals surface area (Å²) in [4.78, 5) is -0.134. The number of methoxy groups -OCH3 is 1. The summed E-state index contributed by atoms with van der Waals surface area (Å²) in [5.74, 6) is 0.416. The van der Waals surface area contributed by atoms with Gasteiger partial charge in [-0.2, -0.15) is 0 Å². The quantitative estimate of drug-likeness (QED) is 0.452. The average Bonchev–Trinajstić information content (AvgIpc) is 3.26. The summed E-state index contributed by atoms with van der Waals surface area (Å²) >= 11 is 0. The van der Waals surface area contributed by atoms with E-state index in [0.29, 0.717) is 11.5 Å². The molecule has 0 saturated carbocycles. The molecule has 8 nitrogen and oxygen atoms in total. The van der Waals surface area contributed by atoms with E-state index in [2.05, 4.69) is 14.9 Å². The van der Waals surface area contributed by atoms with E-state index in [1.165, 1.54) is 31.4 Å². The minimum Gasteiger partial charge on any atom is -0.506 e. The number of phenols is 1. The molecule has 4 rings (SSSR count). The Labute approximate surface area is 172 Å². The summed E-state index contributed by atoms with van der Waals surface area (Å²) in [5, 5.41) is 18.0. The van der Waals surface area contributed by atoms with E-state index in [-0.39, 0.29) is 28.0 Å². The highest BCUT2D eigenvalue weighted by Gasteiger charge is 2.23. The molecule has 0 bridgehead atoms. The SMILES string of the molecule is COc1ccc(-c2nnc(-c3ccccc3)o2)cc1S(=O)(=O)Nc1ccccc1O. The van der Waals surface area contributed by atoms with Gasteiger partial charge in [0.15, 0.2) is 0 Å². The van der Waals surface area contributed by atoms with Crippen LogP contribution < -0.4 is 9.46 Å². The van der Waals surface area contributed by atoms with Crippen molar-refractivity contribution < 1.29 is 22.7 Å². The highest BCUT2D eigenvalue weighted by Crippen LogP contribution is 2.33. The van der Waals surface area contributed by atoms with Crippen LogP contribution in [0.2, 0.25) is 0 Å². The van der Waals surface area contributed by atoms with E-state index in [1.807, 2.05) is 30.3 Å². The Morgan fingerprint density at radius 2 is 1.57 bits per heavy atom. The van der Waals surface area contributed by atoms with Gasteiger partial charge >= 0.3 is 0 Å². The molecule has 9 heteroatoms. The van der Waals surface area contributed by atoms with Crippen molar-refractivity contribution >= 4 is 15.7 Å². The molecule has 0 aliphatic carbocycles. The maximum absolute atomic E-state index is 13.0. The van der Waals surface area contributed by atoms with Gasteiger partial charge in [0.05, 0.1) is 12.8 Å². The summed E-state index contributed by atoms with van der Waals surface area (Å²) in [6.45, 7) is 0. The zero-order valence-electron chi connectivity index (χ0n) is 15.8. The molecule has 152 valence electrons. The fourth-order valence-corrected chi connectivity index (χ4v) is 4.09. The predicted molar refractivity (Wildman–Crippen MR) is 111 cm³/mol. The van der Waals surface area contributed by atoms with Crippen LogP contribution in [-0.4, -0.2) is 30.8 Å². The number of para-hydroxylation sites is 2. The summed E-state index contributed by atoms with van der Waals surface area (Å²) in [6.07, 6.45) is 0. The third kappa shape index (κ3) is 3.83. The fourth-order valence-electron chi connectivity index (χ4n) is 2.82. The van der Waals surface area contributed by atoms with Crippen molar-refractivity contribution in [1.82, 2.24) is 10.2 Å². The van der Waals surface area contributed by atoms with Crippen molar-refractivity contribution in [3.63, 3.8) is 0 Å². The number of ether oxygens (including phenoxy) is 1. The van der Waals surface area contributed by atoms with Crippen molar-refractivity contribution in [3.8, 4) is 34.4 Å². The van der Waals surface area contributed by atoms with Gasteiger partial charge in [0.1, 0.15) is 16.4 Å². The van der Waals surface area contributed by atoms with Crippen LogP contribution in [0, 0.1) is 0 Å². The minimum absolute atomic E-state index is 0.0501. The normalized spacial score (nSPS) is 11.2. The molecule has 1 heterocycles. The number of sulfonamides is 1. The Bertz CT molecular complexity index is 1290. The molecular formula is C21H17N3O5S. The van der Waals surface area contributed by atoms with Gasteiger partial charge < -0.3 is 14.3 Å². The van der Waals surface area contributed by atoms with Crippen LogP contribution in [-0.2, 0) is 10.0 Å². The first kappa shape index (κ1) is 19.5. The average molecular weight is 423 g/mol. The third-order valence-corrected chi connectivity index (χ3v) is 5.68. The summed E-state index contributed by atoms with van der Waals surface area (Å²) < 4.78 is 39.2. The van der Waals surface area contributed by atoms with Crippen molar-refractivity contribution in [2.24, 2.45) is 0 Å². The van der Waals surface area contributed by atoms with Gasteiger partial charge in [-0.25, -0.2) is 8.42 Å². The van der Waals surface area contributed by atoms with Crippen molar-refractivity contribution in [3.05, 3.63) is 72.8 Å². The van der Waals surface area contributed by atoms with Crippen LogP contribution in [0.15, 0.2) is 82.1 Å². The van der Waals surface area contributed by atoms with E-state index in [9.17, 15) is 13.5 Å². The number of hydrogen-bond acceptors (Lipinski definition) is 7. The zero-order valence-corrected chi connectivity index (χ0v) is 16.6. The highest BCUT2D eigenvalue weighted by atomic mass is 32.2. The molecule has 4 aromatic rings. The molecule has 0 aliphatic heterocycles. The topological polar surface area (TPSA) is 115 Å². The highest BCUT2D eigenvalue weighted by molar-refractivity contribution is 7.92. The molecule has 0 saturated heterocycles. The number of nitrogens with one attached hydrogen (secondary N) is 1. The first-order valence-corrected chi connectivity index (χ1v) is 10.3. The summed E-state index contributed by atoms with van der Waals surface area (Å²) in [6, 6.07) is 19.8. The third-order valence-electron chi connectivity index (χ3n) is 4.29. The smallest absolute Gasteiger partial charge is 0.265 e. The van der Waals surface area contributed by atoms with Gasteiger partial charge in [-0.15, -0.1) is 10.2 Å². The molecule has 30 heavy (non-hydrogen) atoms. The largest absolute Gasteiger partial charge is 0.506 e. The molecule has 0 aliphatic rings. The van der Waals surface area contributed by atoms with E-state index >= 15 is 0 Å². The number of anilines is 1. The maximum Gasteiger partial charge on any atom is 0.265 e. The number of aromatic hydroxyl groups is 1. The maximum atomic E-state index is 13.0. The molecule has 2 N–H and O–H groups in total. The number of aromatic nitrogens is 2. The number of hydrogen-bond donors (Lipinski definition) is 2. The fraction of sp³-hybridized carbons (Fsp3) is 0.0476. The standard InChI is InChI=1S/C21H17N3O5S/c1-28-18-12-11-15(21-23-22-20(29-21)14-7-3-2-4-8-14)13-19(18)30(26,27)24-16-9-5-6-10-17(16)25/h2-13,24-25H,1H3. The minimum atomic E-state index is -4.08. The Morgan fingerprint density at radius 1 is 0.900 bits per heavy atom. The molecule has 0 fully saturated rings. The van der Waals surface area contributed by atoms with Crippen LogP contribution in [0.3, 0.4) is 0 Å². The lowest BCUT2D eigenvalue weighted by Gasteiger charge is -2.13. The molecule has 0 atom stereocenters. The lowest BCUT2D eigenvalue weighted by molar-refractivity contribution is 0.403. The van der Waals surface area contributed by atoms with Gasteiger partial charge in [-0.05, 0) is 42.5 Å². The second-order valence-corrected chi connectivity index (χ2v) is 7.92. The second-order valence-electron chi connectivity index (χ2n) is 6.27. The number of rotatable bonds is 6. The van der Waals surface area contributed by atoms with Crippen molar-refractivity contribution in [1.29, 1.82) is 0 Å². The van der Waals surface area contributed by atoms with E-state index in [0.717, 1.165) is 5.56 Å². The Hall–Kier alpha value is -3.85. The molecule has 1 aromatic heterocycles. The number of nitrogens with zero attached hydrogens (tertiary/aromatic N) is 2. The van der Waals surface area contributed by atoms with E-state index in [4.69, 9.17) is 9.15 Å². The molecular weight excluding hydrogens is 406 g/mol. The van der Waals surface area contributed by atoms with E-state index < -0.39 is 10.0 Å². The molecule has 0 spiro atoms. The van der Waals surface area contributed by atoms with Crippen molar-refractivity contribution in [2.75, 3.05) is 11.8 Å². The molecule has 0 radical (unpaired) electrons. The van der Waals surface area contributed by atoms with Gasteiger partial charge in [-0.3, -0.25) is 4.72 Å². The predicted octanol–water partition coefficient (Wildman–Crippen LogP) is 3.92. The van der Waals surface area contributed by atoms with Gasteiger partial charge in [0.25, 0.3) is 10.0 Å². The van der Waals surface area contributed by atoms with Crippen LogP contribution in [0.1, 0.15) is 0 Å². The van der Waals surface area contributed by atoms with Gasteiger partial charge in [-0.1, -0.05) is 30.3 Å². The first-order valence-electron chi connectivity index (χ1n) is 8.86. The second kappa shape index (κ2) is 7.88. The van der Waals surface area contributed by atoms with Gasteiger partial charge in [0, 0.05) is 11.1 Å². The Kier molecular flexibility index (Phi) is 5.11. The Morgan fingerprint density at radius 3 is 2.27 bits per heavy atom. The van der Waals surface area contributed by atoms with Crippen LogP contribution in [0.25, 0.3) is 22.9 Å². The lowest BCUT2D eigenvalue weighted by Crippen LogP contribution is -2.14. The zero-order chi connectivity index (χ0) is 21.1. The van der Waals surface area contributed by atoms with Crippen molar-refractivity contribution in [2.45, 2.75) is 4.90 Å².